The van der Waals surface area contributed by atoms with E-state index >= 15 is 0 Å². The summed E-state index contributed by atoms with van der Waals surface area (Å²) in [6.45, 7) is 16.0. The van der Waals surface area contributed by atoms with Crippen molar-refractivity contribution in [2.45, 2.75) is 78.2 Å². The van der Waals surface area contributed by atoms with Crippen LogP contribution in [0, 0.1) is 0 Å². The number of amides is 1. The standard InChI is InChI=1S/C22H36N2O2/c1-21(2,3)17-13-16(14-18(20(17)26)22(4,5)6)15-23-10-9-19(25)24-11-7-8-12-24/h13-14,23,26H,7-12,15H2,1-6H3. The molecule has 0 unspecified atom stereocenters. The van der Waals surface area contributed by atoms with Crippen LogP contribution in [0.25, 0.3) is 0 Å². The molecule has 2 rings (SSSR count). The highest BCUT2D eigenvalue weighted by molar-refractivity contribution is 5.76. The number of hydrogen-bond donors (Lipinski definition) is 2. The van der Waals surface area contributed by atoms with Crippen molar-refractivity contribution < 1.29 is 9.90 Å². The van der Waals surface area contributed by atoms with E-state index in [1.54, 1.807) is 0 Å². The SMILES string of the molecule is CC(C)(C)c1cc(CNCCC(=O)N2CCCC2)cc(C(C)(C)C)c1O. The van der Waals surface area contributed by atoms with E-state index in [0.29, 0.717) is 25.3 Å². The molecule has 0 saturated carbocycles. The van der Waals surface area contributed by atoms with Gasteiger partial charge in [0.1, 0.15) is 5.75 Å². The summed E-state index contributed by atoms with van der Waals surface area (Å²) in [4.78, 5) is 14.1. The highest BCUT2D eigenvalue weighted by atomic mass is 16.3. The molecule has 1 heterocycles. The number of rotatable bonds is 5. The molecule has 0 atom stereocenters. The monoisotopic (exact) mass is 360 g/mol. The molecule has 1 aliphatic rings. The second-order valence-corrected chi connectivity index (χ2v) is 9.55. The summed E-state index contributed by atoms with van der Waals surface area (Å²) in [6, 6.07) is 4.19. The van der Waals surface area contributed by atoms with Crippen molar-refractivity contribution in [1.29, 1.82) is 0 Å². The number of phenols is 1. The predicted molar refractivity (Wildman–Crippen MR) is 108 cm³/mol. The van der Waals surface area contributed by atoms with Gasteiger partial charge in [0.15, 0.2) is 0 Å². The Labute approximate surface area is 159 Å². The smallest absolute Gasteiger partial charge is 0.223 e. The summed E-state index contributed by atoms with van der Waals surface area (Å²) in [7, 11) is 0. The molecule has 4 heteroatoms. The summed E-state index contributed by atoms with van der Waals surface area (Å²) in [6.07, 6.45) is 2.83. The second kappa shape index (κ2) is 7.99. The molecule has 1 aromatic carbocycles. The molecule has 0 aromatic heterocycles. The molecule has 4 nitrogen and oxygen atoms in total. The number of likely N-dealkylation sites (tertiary alicyclic amines) is 1. The van der Waals surface area contributed by atoms with Gasteiger partial charge in [-0.15, -0.1) is 0 Å². The van der Waals surface area contributed by atoms with Gasteiger partial charge in [-0.05, 0) is 40.4 Å². The van der Waals surface area contributed by atoms with Gasteiger partial charge in [-0.1, -0.05) is 53.7 Å². The van der Waals surface area contributed by atoms with Crippen LogP contribution in [0.3, 0.4) is 0 Å². The maximum atomic E-state index is 12.1. The highest BCUT2D eigenvalue weighted by Crippen LogP contribution is 2.39. The summed E-state index contributed by atoms with van der Waals surface area (Å²) in [5, 5.41) is 14.2. The third-order valence-corrected chi connectivity index (χ3v) is 5.09. The lowest BCUT2D eigenvalue weighted by atomic mass is 9.78. The lowest BCUT2D eigenvalue weighted by Gasteiger charge is -2.28. The molecule has 0 aliphatic carbocycles. The average molecular weight is 361 g/mol. The van der Waals surface area contributed by atoms with Gasteiger partial charge in [0.2, 0.25) is 5.91 Å². The van der Waals surface area contributed by atoms with Gasteiger partial charge < -0.3 is 15.3 Å². The Morgan fingerprint density at radius 3 is 2.00 bits per heavy atom. The molecule has 1 amide bonds. The first kappa shape index (κ1) is 20.8. The summed E-state index contributed by atoms with van der Waals surface area (Å²) >= 11 is 0. The van der Waals surface area contributed by atoms with E-state index in [0.717, 1.165) is 42.6 Å². The van der Waals surface area contributed by atoms with Crippen LogP contribution in [0.5, 0.6) is 5.75 Å². The van der Waals surface area contributed by atoms with Crippen LogP contribution in [-0.2, 0) is 22.2 Å². The van der Waals surface area contributed by atoms with E-state index in [1.165, 1.54) is 0 Å². The Bertz CT molecular complexity index is 598. The summed E-state index contributed by atoms with van der Waals surface area (Å²) in [5.41, 5.74) is 2.88. The average Bonchev–Trinajstić information content (AvgIpc) is 3.04. The number of carbonyl (C=O) groups is 1. The van der Waals surface area contributed by atoms with Crippen LogP contribution in [0.2, 0.25) is 0 Å². The zero-order valence-corrected chi connectivity index (χ0v) is 17.4. The first-order chi connectivity index (χ1) is 12.0. The molecule has 0 radical (unpaired) electrons. The second-order valence-electron chi connectivity index (χ2n) is 9.55. The van der Waals surface area contributed by atoms with Crippen LogP contribution < -0.4 is 5.32 Å². The van der Waals surface area contributed by atoms with Gasteiger partial charge in [0, 0.05) is 32.6 Å². The largest absolute Gasteiger partial charge is 0.507 e. The molecule has 1 fully saturated rings. The third-order valence-electron chi connectivity index (χ3n) is 5.09. The topological polar surface area (TPSA) is 52.6 Å². The Hall–Kier alpha value is -1.55. The maximum absolute atomic E-state index is 12.1. The number of carbonyl (C=O) groups excluding carboxylic acids is 1. The molecular weight excluding hydrogens is 324 g/mol. The van der Waals surface area contributed by atoms with E-state index in [4.69, 9.17) is 0 Å². The zero-order valence-electron chi connectivity index (χ0n) is 17.4. The van der Waals surface area contributed by atoms with E-state index in [9.17, 15) is 9.90 Å². The number of aromatic hydroxyl groups is 1. The summed E-state index contributed by atoms with van der Waals surface area (Å²) < 4.78 is 0. The van der Waals surface area contributed by atoms with Crippen molar-refractivity contribution in [3.8, 4) is 5.75 Å². The van der Waals surface area contributed by atoms with Crippen LogP contribution in [0.4, 0.5) is 0 Å². The maximum Gasteiger partial charge on any atom is 0.223 e. The molecular formula is C22H36N2O2. The number of nitrogens with zero attached hydrogens (tertiary/aromatic N) is 1. The molecule has 146 valence electrons. The zero-order chi connectivity index (χ0) is 19.5. The lowest BCUT2D eigenvalue weighted by Crippen LogP contribution is -2.30. The fraction of sp³-hybridized carbons (Fsp3) is 0.682. The molecule has 1 aromatic rings. The van der Waals surface area contributed by atoms with Crippen molar-refractivity contribution in [2.24, 2.45) is 0 Å². The van der Waals surface area contributed by atoms with Gasteiger partial charge in [-0.3, -0.25) is 4.79 Å². The highest BCUT2D eigenvalue weighted by Gasteiger charge is 2.26. The van der Waals surface area contributed by atoms with Gasteiger partial charge >= 0.3 is 0 Å². The van der Waals surface area contributed by atoms with E-state index in [-0.39, 0.29) is 16.7 Å². The molecule has 0 bridgehead atoms. The van der Waals surface area contributed by atoms with E-state index in [2.05, 4.69) is 59.0 Å². The van der Waals surface area contributed by atoms with E-state index < -0.39 is 0 Å². The van der Waals surface area contributed by atoms with Crippen LogP contribution in [0.15, 0.2) is 12.1 Å². The Balaban J connectivity index is 2.05. The van der Waals surface area contributed by atoms with Crippen LogP contribution in [-0.4, -0.2) is 35.5 Å². The molecule has 26 heavy (non-hydrogen) atoms. The fourth-order valence-electron chi connectivity index (χ4n) is 3.49. The Morgan fingerprint density at radius 1 is 1.04 bits per heavy atom. The molecule has 1 saturated heterocycles. The minimum atomic E-state index is -0.119. The van der Waals surface area contributed by atoms with Gasteiger partial charge in [0.25, 0.3) is 0 Å². The third kappa shape index (κ3) is 5.23. The summed E-state index contributed by atoms with van der Waals surface area (Å²) in [5.74, 6) is 0.671. The van der Waals surface area contributed by atoms with Crippen LogP contribution >= 0.6 is 0 Å². The van der Waals surface area contributed by atoms with Crippen molar-refractivity contribution in [1.82, 2.24) is 10.2 Å². The van der Waals surface area contributed by atoms with Crippen molar-refractivity contribution >= 4 is 5.91 Å². The first-order valence-electron chi connectivity index (χ1n) is 9.85. The number of benzene rings is 1. The molecule has 2 N–H and O–H groups in total. The fourth-order valence-corrected chi connectivity index (χ4v) is 3.49. The van der Waals surface area contributed by atoms with Crippen LogP contribution in [0.1, 0.15) is 77.5 Å². The lowest BCUT2D eigenvalue weighted by molar-refractivity contribution is -0.130. The number of hydrogen-bond acceptors (Lipinski definition) is 3. The van der Waals surface area contributed by atoms with Crippen molar-refractivity contribution in [2.75, 3.05) is 19.6 Å². The number of phenolic OH excluding ortho intramolecular Hbond substituents is 1. The van der Waals surface area contributed by atoms with E-state index in [1.807, 2.05) is 4.90 Å². The Kier molecular flexibility index (Phi) is 6.38. The van der Waals surface area contributed by atoms with Gasteiger partial charge in [-0.25, -0.2) is 0 Å². The van der Waals surface area contributed by atoms with Gasteiger partial charge in [-0.2, -0.15) is 0 Å². The minimum Gasteiger partial charge on any atom is -0.507 e. The van der Waals surface area contributed by atoms with Crippen molar-refractivity contribution in [3.63, 3.8) is 0 Å². The quantitative estimate of drug-likeness (QED) is 0.778. The molecule has 1 aliphatic heterocycles. The Morgan fingerprint density at radius 2 is 1.54 bits per heavy atom. The normalized spacial score (nSPS) is 15.5. The number of nitrogens with one attached hydrogen (secondary N) is 1. The minimum absolute atomic E-state index is 0.119. The van der Waals surface area contributed by atoms with Crippen molar-refractivity contribution in [3.05, 3.63) is 28.8 Å². The van der Waals surface area contributed by atoms with Gasteiger partial charge in [0.05, 0.1) is 0 Å². The predicted octanol–water partition coefficient (Wildman–Crippen LogP) is 4.09. The first-order valence-corrected chi connectivity index (χ1v) is 9.85. The molecule has 0 spiro atoms.